The Morgan fingerprint density at radius 3 is 2.70 bits per heavy atom. The Morgan fingerprint density at radius 2 is 2.04 bits per heavy atom. The quantitative estimate of drug-likeness (QED) is 0.660. The van der Waals surface area contributed by atoms with Gasteiger partial charge < -0.3 is 19.9 Å². The molecule has 0 spiro atoms. The highest BCUT2D eigenvalue weighted by Crippen LogP contribution is 2.15. The summed E-state index contributed by atoms with van der Waals surface area (Å²) in [5, 5.41) is 7.94. The smallest absolute Gasteiger partial charge is 0.316 e. The number of ether oxygens (including phenoxy) is 1. The zero-order valence-corrected chi connectivity index (χ0v) is 15.5. The van der Waals surface area contributed by atoms with E-state index in [1.54, 1.807) is 26.0 Å². The lowest BCUT2D eigenvalue weighted by atomic mass is 10.3. The Morgan fingerprint density at radius 1 is 1.30 bits per heavy atom. The number of carbonyl (C=O) groups excluding carboxylic acids is 3. The van der Waals surface area contributed by atoms with E-state index in [2.05, 4.69) is 15.8 Å². The topological polar surface area (TPSA) is 111 Å². The molecule has 0 bridgehead atoms. The van der Waals surface area contributed by atoms with Gasteiger partial charge in [0.2, 0.25) is 5.91 Å². The number of rotatable bonds is 8. The summed E-state index contributed by atoms with van der Waals surface area (Å²) >= 11 is 1.04. The first-order valence-corrected chi connectivity index (χ1v) is 8.96. The van der Waals surface area contributed by atoms with Crippen LogP contribution in [-0.4, -0.2) is 40.6 Å². The van der Waals surface area contributed by atoms with Crippen molar-refractivity contribution in [3.63, 3.8) is 0 Å². The van der Waals surface area contributed by atoms with E-state index in [1.165, 1.54) is 18.2 Å². The minimum atomic E-state index is -0.666. The third kappa shape index (κ3) is 6.74. The molecule has 0 aliphatic heterocycles. The standard InChI is InChI=1S/C17H18FN3O5S/c1-10-7-14(21-26-10)20-17(24)11(2)27-9-16(23)25-8-15(22)19-13-6-4-3-5-12(13)18/h3-7,11H,8-9H2,1-2H3,(H,19,22)(H,20,21,24)/t11-/m0/s1. The van der Waals surface area contributed by atoms with E-state index in [-0.39, 0.29) is 23.2 Å². The second-order valence-corrected chi connectivity index (χ2v) is 6.78. The summed E-state index contributed by atoms with van der Waals surface area (Å²) in [6, 6.07) is 7.21. The molecule has 2 amide bonds. The maximum atomic E-state index is 13.4. The molecule has 0 radical (unpaired) electrons. The largest absolute Gasteiger partial charge is 0.455 e. The number of benzene rings is 1. The molecule has 0 aliphatic carbocycles. The van der Waals surface area contributed by atoms with Gasteiger partial charge in [0.15, 0.2) is 12.4 Å². The Hall–Kier alpha value is -2.88. The molecule has 0 aliphatic rings. The predicted octanol–water partition coefficient (Wildman–Crippen LogP) is 2.36. The van der Waals surface area contributed by atoms with Gasteiger partial charge in [-0.05, 0) is 26.0 Å². The molecule has 10 heteroatoms. The van der Waals surface area contributed by atoms with Crippen LogP contribution in [0.1, 0.15) is 12.7 Å². The van der Waals surface area contributed by atoms with E-state index in [0.717, 1.165) is 11.8 Å². The van der Waals surface area contributed by atoms with E-state index >= 15 is 0 Å². The molecule has 2 rings (SSSR count). The van der Waals surface area contributed by atoms with Gasteiger partial charge in [-0.15, -0.1) is 11.8 Å². The first kappa shape index (κ1) is 20.4. The SMILES string of the molecule is Cc1cc(NC(=O)[C@H](C)SCC(=O)OCC(=O)Nc2ccccc2F)no1. The summed E-state index contributed by atoms with van der Waals surface area (Å²) in [4.78, 5) is 35.3. The summed E-state index contributed by atoms with van der Waals surface area (Å²) in [7, 11) is 0. The zero-order valence-electron chi connectivity index (χ0n) is 14.7. The maximum absolute atomic E-state index is 13.4. The van der Waals surface area contributed by atoms with Crippen molar-refractivity contribution < 1.29 is 28.0 Å². The number of para-hydroxylation sites is 1. The van der Waals surface area contributed by atoms with Gasteiger partial charge in [0, 0.05) is 6.07 Å². The van der Waals surface area contributed by atoms with Gasteiger partial charge in [-0.3, -0.25) is 14.4 Å². The Labute approximate surface area is 158 Å². The monoisotopic (exact) mass is 395 g/mol. The fourth-order valence-corrected chi connectivity index (χ4v) is 2.54. The van der Waals surface area contributed by atoms with Crippen LogP contribution in [0, 0.1) is 12.7 Å². The van der Waals surface area contributed by atoms with E-state index in [9.17, 15) is 18.8 Å². The molecule has 2 aromatic rings. The molecule has 2 N–H and O–H groups in total. The van der Waals surface area contributed by atoms with E-state index in [0.29, 0.717) is 5.76 Å². The van der Waals surface area contributed by atoms with Crippen LogP contribution in [0.3, 0.4) is 0 Å². The number of nitrogens with zero attached hydrogens (tertiary/aromatic N) is 1. The number of nitrogens with one attached hydrogen (secondary N) is 2. The number of aromatic nitrogens is 1. The van der Waals surface area contributed by atoms with Crippen LogP contribution >= 0.6 is 11.8 Å². The van der Waals surface area contributed by atoms with Crippen molar-refractivity contribution >= 4 is 41.1 Å². The Balaban J connectivity index is 1.68. The number of hydrogen-bond donors (Lipinski definition) is 2. The molecule has 0 saturated carbocycles. The molecule has 1 heterocycles. The number of hydrogen-bond acceptors (Lipinski definition) is 7. The first-order chi connectivity index (χ1) is 12.8. The third-order valence-corrected chi connectivity index (χ3v) is 4.33. The van der Waals surface area contributed by atoms with Crippen molar-refractivity contribution in [3.8, 4) is 0 Å². The van der Waals surface area contributed by atoms with Crippen molar-refractivity contribution in [1.29, 1.82) is 0 Å². The van der Waals surface area contributed by atoms with Crippen LogP contribution < -0.4 is 10.6 Å². The first-order valence-electron chi connectivity index (χ1n) is 7.91. The fourth-order valence-electron chi connectivity index (χ4n) is 1.86. The summed E-state index contributed by atoms with van der Waals surface area (Å²) in [5.74, 6) is -1.54. The Kier molecular flexibility index (Phi) is 7.35. The van der Waals surface area contributed by atoms with Crippen LogP contribution in [0.15, 0.2) is 34.9 Å². The predicted molar refractivity (Wildman–Crippen MR) is 97.8 cm³/mol. The number of anilines is 2. The summed E-state index contributed by atoms with van der Waals surface area (Å²) in [6.45, 7) is 2.76. The summed E-state index contributed by atoms with van der Waals surface area (Å²) in [6.07, 6.45) is 0. The lowest BCUT2D eigenvalue weighted by Gasteiger charge is -2.10. The number of aryl methyl sites for hydroxylation is 1. The molecule has 1 atom stereocenters. The second kappa shape index (κ2) is 9.72. The lowest BCUT2D eigenvalue weighted by Crippen LogP contribution is -2.25. The second-order valence-electron chi connectivity index (χ2n) is 5.45. The highest BCUT2D eigenvalue weighted by molar-refractivity contribution is 8.01. The molecule has 8 nitrogen and oxygen atoms in total. The molecular weight excluding hydrogens is 377 g/mol. The van der Waals surface area contributed by atoms with Gasteiger partial charge in [0.25, 0.3) is 5.91 Å². The number of amides is 2. The molecule has 0 unspecified atom stereocenters. The minimum absolute atomic E-state index is 0.00121. The molecule has 27 heavy (non-hydrogen) atoms. The number of thioether (sulfide) groups is 1. The average Bonchev–Trinajstić information content (AvgIpc) is 3.04. The van der Waals surface area contributed by atoms with Crippen molar-refractivity contribution in [2.24, 2.45) is 0 Å². The minimum Gasteiger partial charge on any atom is -0.455 e. The molecule has 1 aromatic carbocycles. The van der Waals surface area contributed by atoms with Crippen molar-refractivity contribution in [1.82, 2.24) is 5.16 Å². The van der Waals surface area contributed by atoms with Crippen LogP contribution in [0.4, 0.5) is 15.9 Å². The third-order valence-electron chi connectivity index (χ3n) is 3.21. The van der Waals surface area contributed by atoms with Crippen LogP contribution in [0.2, 0.25) is 0 Å². The fraction of sp³-hybridized carbons (Fsp3) is 0.294. The van der Waals surface area contributed by atoms with Crippen molar-refractivity contribution in [2.45, 2.75) is 19.1 Å². The molecule has 144 valence electrons. The number of halogens is 1. The zero-order chi connectivity index (χ0) is 19.8. The molecular formula is C17H18FN3O5S. The van der Waals surface area contributed by atoms with Crippen molar-refractivity contribution in [2.75, 3.05) is 23.0 Å². The maximum Gasteiger partial charge on any atom is 0.316 e. The normalized spacial score (nSPS) is 11.5. The van der Waals surface area contributed by atoms with Gasteiger partial charge in [0.1, 0.15) is 11.6 Å². The van der Waals surface area contributed by atoms with Gasteiger partial charge in [-0.25, -0.2) is 4.39 Å². The highest BCUT2D eigenvalue weighted by Gasteiger charge is 2.18. The Bertz CT molecular complexity index is 826. The number of carbonyl (C=O) groups is 3. The highest BCUT2D eigenvalue weighted by atomic mass is 32.2. The van der Waals surface area contributed by atoms with E-state index < -0.39 is 29.6 Å². The van der Waals surface area contributed by atoms with Crippen LogP contribution in [0.25, 0.3) is 0 Å². The van der Waals surface area contributed by atoms with Gasteiger partial charge in [-0.1, -0.05) is 17.3 Å². The van der Waals surface area contributed by atoms with Gasteiger partial charge in [0.05, 0.1) is 16.7 Å². The molecule has 0 saturated heterocycles. The van der Waals surface area contributed by atoms with Gasteiger partial charge in [-0.2, -0.15) is 0 Å². The number of esters is 1. The average molecular weight is 395 g/mol. The van der Waals surface area contributed by atoms with Crippen LogP contribution in [-0.2, 0) is 19.1 Å². The summed E-state index contributed by atoms with van der Waals surface area (Å²) in [5.41, 5.74) is 0.00121. The van der Waals surface area contributed by atoms with Crippen LogP contribution in [0.5, 0.6) is 0 Å². The van der Waals surface area contributed by atoms with E-state index in [4.69, 9.17) is 9.26 Å². The molecule has 0 fully saturated rings. The molecule has 1 aromatic heterocycles. The summed E-state index contributed by atoms with van der Waals surface area (Å²) < 4.78 is 23.1. The van der Waals surface area contributed by atoms with Gasteiger partial charge >= 0.3 is 5.97 Å². The van der Waals surface area contributed by atoms with E-state index in [1.807, 2.05) is 0 Å². The lowest BCUT2D eigenvalue weighted by molar-refractivity contribution is -0.144. The van der Waals surface area contributed by atoms with Crippen molar-refractivity contribution in [3.05, 3.63) is 41.9 Å².